The summed E-state index contributed by atoms with van der Waals surface area (Å²) in [5, 5.41) is 7.25. The minimum atomic E-state index is 0. The molecule has 1 saturated heterocycles. The summed E-state index contributed by atoms with van der Waals surface area (Å²) in [6.07, 6.45) is 6.77. The van der Waals surface area contributed by atoms with Crippen LogP contribution < -0.4 is 5.32 Å². The molecule has 0 aromatic carbocycles. The molecule has 23 heavy (non-hydrogen) atoms. The molecule has 126 valence electrons. The van der Waals surface area contributed by atoms with E-state index in [1.165, 1.54) is 6.33 Å². The Balaban J connectivity index is 0.00000132. The van der Waals surface area contributed by atoms with E-state index in [1.807, 2.05) is 11.9 Å². The number of hydrogen-bond donors (Lipinski definition) is 1. The average Bonchev–Trinajstić information content (AvgIpc) is 3.09. The Morgan fingerprint density at radius 3 is 2.78 bits per heavy atom. The Bertz CT molecular complexity index is 604. The number of nitrogens with zero attached hydrogens (tertiary/aromatic N) is 5. The molecule has 1 N–H and O–H groups in total. The van der Waals surface area contributed by atoms with Crippen molar-refractivity contribution in [1.29, 1.82) is 0 Å². The molecule has 0 saturated carbocycles. The molecule has 1 aliphatic heterocycles. The normalized spacial score (nSPS) is 17.1. The summed E-state index contributed by atoms with van der Waals surface area (Å²) in [4.78, 5) is 22.5. The molecule has 9 heteroatoms. The van der Waals surface area contributed by atoms with Gasteiger partial charge in [0.1, 0.15) is 12.7 Å². The zero-order valence-corrected chi connectivity index (χ0v) is 14.4. The Morgan fingerprint density at radius 1 is 1.35 bits per heavy atom. The van der Waals surface area contributed by atoms with Gasteiger partial charge >= 0.3 is 0 Å². The van der Waals surface area contributed by atoms with Crippen LogP contribution in [0.5, 0.6) is 0 Å². The maximum atomic E-state index is 12.5. The lowest BCUT2D eigenvalue weighted by Crippen LogP contribution is -2.46. The lowest BCUT2D eigenvalue weighted by atomic mass is 10.1. The molecule has 3 rings (SSSR count). The van der Waals surface area contributed by atoms with Gasteiger partial charge in [-0.25, -0.2) is 14.6 Å². The number of halogens is 2. The van der Waals surface area contributed by atoms with E-state index in [1.54, 1.807) is 29.3 Å². The Morgan fingerprint density at radius 2 is 2.17 bits per heavy atom. The van der Waals surface area contributed by atoms with Gasteiger partial charge in [0.15, 0.2) is 5.82 Å². The maximum Gasteiger partial charge on any atom is 0.255 e. The van der Waals surface area contributed by atoms with Crippen LogP contribution in [0.3, 0.4) is 0 Å². The zero-order valence-electron chi connectivity index (χ0n) is 12.8. The first-order valence-corrected chi connectivity index (χ1v) is 7.05. The summed E-state index contributed by atoms with van der Waals surface area (Å²) >= 11 is 0. The standard InChI is InChI=1S/C14H18N6O.2ClH/c1-15-12-3-2-6-19(8-12)14(21)11-4-5-13(17-7-11)20-10-16-9-18-20;;/h4-5,7,9-10,12,15H,2-3,6,8H2,1H3;2*1H. The van der Waals surface area contributed by atoms with Crippen molar-refractivity contribution in [2.75, 3.05) is 20.1 Å². The highest BCUT2D eigenvalue weighted by atomic mass is 35.5. The molecule has 1 atom stereocenters. The van der Waals surface area contributed by atoms with E-state index in [-0.39, 0.29) is 30.7 Å². The highest BCUT2D eigenvalue weighted by Crippen LogP contribution is 2.14. The third-order valence-electron chi connectivity index (χ3n) is 3.77. The van der Waals surface area contributed by atoms with Gasteiger partial charge in [-0.1, -0.05) is 0 Å². The fraction of sp³-hybridized carbons (Fsp3) is 0.429. The van der Waals surface area contributed by atoms with Gasteiger partial charge in [0, 0.05) is 25.3 Å². The van der Waals surface area contributed by atoms with E-state index in [2.05, 4.69) is 20.4 Å². The number of carbonyl (C=O) groups excluding carboxylic acids is 1. The number of aromatic nitrogens is 4. The van der Waals surface area contributed by atoms with Crippen molar-refractivity contribution in [2.45, 2.75) is 18.9 Å². The summed E-state index contributed by atoms with van der Waals surface area (Å²) in [6.45, 7) is 1.56. The third kappa shape index (κ3) is 4.40. The number of piperidine rings is 1. The topological polar surface area (TPSA) is 75.9 Å². The van der Waals surface area contributed by atoms with Gasteiger partial charge in [-0.15, -0.1) is 24.8 Å². The van der Waals surface area contributed by atoms with Crippen LogP contribution in [0.2, 0.25) is 0 Å². The molecule has 2 aromatic heterocycles. The molecule has 1 aliphatic rings. The van der Waals surface area contributed by atoms with Gasteiger partial charge in [-0.3, -0.25) is 4.79 Å². The Hall–Kier alpha value is -1.70. The molecular formula is C14H20Cl2N6O. The first kappa shape index (κ1) is 19.3. The first-order chi connectivity index (χ1) is 10.3. The van der Waals surface area contributed by atoms with E-state index < -0.39 is 0 Å². The molecule has 0 spiro atoms. The quantitative estimate of drug-likeness (QED) is 0.895. The van der Waals surface area contributed by atoms with E-state index in [9.17, 15) is 4.79 Å². The summed E-state index contributed by atoms with van der Waals surface area (Å²) in [7, 11) is 1.94. The number of carbonyl (C=O) groups is 1. The third-order valence-corrected chi connectivity index (χ3v) is 3.77. The summed E-state index contributed by atoms with van der Waals surface area (Å²) < 4.78 is 1.56. The van der Waals surface area contributed by atoms with Gasteiger partial charge in [-0.05, 0) is 32.0 Å². The molecule has 7 nitrogen and oxygen atoms in total. The first-order valence-electron chi connectivity index (χ1n) is 7.05. The van der Waals surface area contributed by atoms with Gasteiger partial charge in [0.25, 0.3) is 5.91 Å². The zero-order chi connectivity index (χ0) is 14.7. The van der Waals surface area contributed by atoms with Gasteiger partial charge in [0.2, 0.25) is 0 Å². The smallest absolute Gasteiger partial charge is 0.255 e. The van der Waals surface area contributed by atoms with Crippen molar-refractivity contribution in [2.24, 2.45) is 0 Å². The van der Waals surface area contributed by atoms with Crippen molar-refractivity contribution < 1.29 is 4.79 Å². The molecule has 0 radical (unpaired) electrons. The number of pyridine rings is 1. The Kier molecular flexibility index (Phi) is 7.41. The lowest BCUT2D eigenvalue weighted by molar-refractivity contribution is 0.0698. The van der Waals surface area contributed by atoms with Crippen molar-refractivity contribution in [3.8, 4) is 5.82 Å². The largest absolute Gasteiger partial charge is 0.337 e. The number of hydrogen-bond acceptors (Lipinski definition) is 5. The van der Waals surface area contributed by atoms with Crippen LogP contribution in [0.15, 0.2) is 31.0 Å². The second-order valence-electron chi connectivity index (χ2n) is 5.12. The van der Waals surface area contributed by atoms with Gasteiger partial charge < -0.3 is 10.2 Å². The van der Waals surface area contributed by atoms with E-state index in [4.69, 9.17) is 0 Å². The lowest BCUT2D eigenvalue weighted by Gasteiger charge is -2.32. The number of rotatable bonds is 3. The predicted molar refractivity (Wildman–Crippen MR) is 91.6 cm³/mol. The molecule has 0 bridgehead atoms. The van der Waals surface area contributed by atoms with Crippen LogP contribution in [0.1, 0.15) is 23.2 Å². The highest BCUT2D eigenvalue weighted by Gasteiger charge is 2.23. The van der Waals surface area contributed by atoms with E-state index >= 15 is 0 Å². The van der Waals surface area contributed by atoms with E-state index in [0.717, 1.165) is 25.9 Å². The van der Waals surface area contributed by atoms with Crippen LogP contribution >= 0.6 is 24.8 Å². The molecule has 1 unspecified atom stereocenters. The molecular weight excluding hydrogens is 339 g/mol. The number of nitrogens with one attached hydrogen (secondary N) is 1. The van der Waals surface area contributed by atoms with Gasteiger partial charge in [0.05, 0.1) is 5.56 Å². The van der Waals surface area contributed by atoms with Crippen molar-refractivity contribution in [3.63, 3.8) is 0 Å². The fourth-order valence-electron chi connectivity index (χ4n) is 2.55. The van der Waals surface area contributed by atoms with Crippen LogP contribution in [0, 0.1) is 0 Å². The van der Waals surface area contributed by atoms with Crippen molar-refractivity contribution in [3.05, 3.63) is 36.5 Å². The maximum absolute atomic E-state index is 12.5. The monoisotopic (exact) mass is 358 g/mol. The van der Waals surface area contributed by atoms with Crippen molar-refractivity contribution in [1.82, 2.24) is 30.0 Å². The number of likely N-dealkylation sites (N-methyl/N-ethyl adjacent to an activating group) is 1. The predicted octanol–water partition coefficient (Wildman–Crippen LogP) is 1.33. The Labute approximate surface area is 147 Å². The number of amides is 1. The SMILES string of the molecule is CNC1CCCN(C(=O)c2ccc(-n3cncn3)nc2)C1.Cl.Cl. The number of likely N-dealkylation sites (tertiary alicyclic amines) is 1. The minimum absolute atomic E-state index is 0. The summed E-state index contributed by atoms with van der Waals surface area (Å²) in [5.41, 5.74) is 0.607. The molecule has 0 aliphatic carbocycles. The van der Waals surface area contributed by atoms with E-state index in [0.29, 0.717) is 17.4 Å². The summed E-state index contributed by atoms with van der Waals surface area (Å²) in [5.74, 6) is 0.684. The van der Waals surface area contributed by atoms with Crippen molar-refractivity contribution >= 4 is 30.7 Å². The van der Waals surface area contributed by atoms with Crippen LogP contribution in [-0.2, 0) is 0 Å². The second-order valence-corrected chi connectivity index (χ2v) is 5.12. The second kappa shape index (κ2) is 8.81. The minimum Gasteiger partial charge on any atom is -0.337 e. The van der Waals surface area contributed by atoms with Gasteiger partial charge in [-0.2, -0.15) is 5.10 Å². The molecule has 3 heterocycles. The molecule has 2 aromatic rings. The summed E-state index contributed by atoms with van der Waals surface area (Å²) in [6, 6.07) is 3.95. The molecule has 1 amide bonds. The van der Waals surface area contributed by atoms with Crippen LogP contribution in [-0.4, -0.2) is 56.7 Å². The van der Waals surface area contributed by atoms with Crippen LogP contribution in [0.4, 0.5) is 0 Å². The average molecular weight is 359 g/mol. The fourth-order valence-corrected chi connectivity index (χ4v) is 2.55. The highest BCUT2D eigenvalue weighted by molar-refractivity contribution is 5.94. The van der Waals surface area contributed by atoms with Crippen LogP contribution in [0.25, 0.3) is 5.82 Å². The molecule has 1 fully saturated rings.